The molecule has 0 aromatic heterocycles. The molecule has 0 saturated carbocycles. The van der Waals surface area contributed by atoms with Crippen LogP contribution in [0.3, 0.4) is 0 Å². The lowest BCUT2D eigenvalue weighted by Crippen LogP contribution is -2.45. The summed E-state index contributed by atoms with van der Waals surface area (Å²) in [7, 11) is 0. The van der Waals surface area contributed by atoms with Gasteiger partial charge in [-0.1, -0.05) is 37.6 Å². The molecule has 0 aliphatic carbocycles. The molecular weight excluding hydrogens is 348 g/mol. The minimum absolute atomic E-state index is 0.227. The molecule has 6 heteroatoms. The number of rotatable bonds is 7. The summed E-state index contributed by atoms with van der Waals surface area (Å²) >= 11 is 5.99. The first kappa shape index (κ1) is 20.6. The molecule has 1 heterocycles. The van der Waals surface area contributed by atoms with E-state index in [-0.39, 0.29) is 11.9 Å². The number of nitrogens with one attached hydrogen (secondary N) is 2. The highest BCUT2D eigenvalue weighted by Gasteiger charge is 2.25. The summed E-state index contributed by atoms with van der Waals surface area (Å²) in [6.45, 7) is 9.27. The molecule has 5 nitrogen and oxygen atoms in total. The number of carbonyl (C=O) groups excluding carboxylic acids is 1. The van der Waals surface area contributed by atoms with E-state index < -0.39 is 0 Å². The van der Waals surface area contributed by atoms with Gasteiger partial charge in [0.05, 0.1) is 0 Å². The summed E-state index contributed by atoms with van der Waals surface area (Å²) in [6, 6.07) is 8.29. The number of hydrogen-bond donors (Lipinski definition) is 2. The third-order valence-corrected chi connectivity index (χ3v) is 5.08. The summed E-state index contributed by atoms with van der Waals surface area (Å²) in [4.78, 5) is 18.6. The van der Waals surface area contributed by atoms with E-state index in [1.54, 1.807) is 0 Å². The predicted molar refractivity (Wildman–Crippen MR) is 109 cm³/mol. The first-order valence-corrected chi connectivity index (χ1v) is 10.0. The van der Waals surface area contributed by atoms with Gasteiger partial charge in [0.1, 0.15) is 0 Å². The molecule has 1 aliphatic rings. The Labute approximate surface area is 162 Å². The SMILES string of the molecule is CCNC(=NCC(CC)c1ccc(Cl)cc1)NC1CCN(C(=O)CC)C1. The second kappa shape index (κ2) is 10.4. The van der Waals surface area contributed by atoms with Crippen LogP contribution in [0.25, 0.3) is 0 Å². The molecule has 26 heavy (non-hydrogen) atoms. The third kappa shape index (κ3) is 5.90. The fourth-order valence-corrected chi connectivity index (χ4v) is 3.37. The highest BCUT2D eigenvalue weighted by atomic mass is 35.5. The van der Waals surface area contributed by atoms with Crippen LogP contribution in [0.5, 0.6) is 0 Å². The van der Waals surface area contributed by atoms with Crippen molar-refractivity contribution in [3.63, 3.8) is 0 Å². The van der Waals surface area contributed by atoms with Gasteiger partial charge in [-0.05, 0) is 37.5 Å². The van der Waals surface area contributed by atoms with Crippen molar-refractivity contribution < 1.29 is 4.79 Å². The monoisotopic (exact) mass is 378 g/mol. The normalized spacial score (nSPS) is 18.7. The standard InChI is InChI=1S/C20H31ClN4O/c1-4-15(16-7-9-17(21)10-8-16)13-23-20(22-6-3)24-18-11-12-25(14-18)19(26)5-2/h7-10,15,18H,4-6,11-14H2,1-3H3,(H2,22,23,24). The van der Waals surface area contributed by atoms with E-state index in [0.29, 0.717) is 12.3 Å². The molecule has 1 aliphatic heterocycles. The lowest BCUT2D eigenvalue weighted by atomic mass is 9.97. The van der Waals surface area contributed by atoms with Gasteiger partial charge in [0.15, 0.2) is 5.96 Å². The van der Waals surface area contributed by atoms with Crippen LogP contribution in [0.4, 0.5) is 0 Å². The molecule has 2 atom stereocenters. The molecule has 144 valence electrons. The summed E-state index contributed by atoms with van der Waals surface area (Å²) in [5.74, 6) is 1.42. The minimum atomic E-state index is 0.227. The Hall–Kier alpha value is -1.75. The molecule has 2 unspecified atom stereocenters. The van der Waals surface area contributed by atoms with Gasteiger partial charge in [-0.2, -0.15) is 0 Å². The van der Waals surface area contributed by atoms with E-state index in [1.165, 1.54) is 5.56 Å². The summed E-state index contributed by atoms with van der Waals surface area (Å²) in [5, 5.41) is 7.57. The Morgan fingerprint density at radius 1 is 1.31 bits per heavy atom. The predicted octanol–water partition coefficient (Wildman–Crippen LogP) is 3.40. The van der Waals surface area contributed by atoms with Crippen LogP contribution in [-0.4, -0.2) is 49.0 Å². The number of halogens is 1. The number of aliphatic imine (C=N–C) groups is 1. The molecule has 1 aromatic rings. The molecular formula is C20H31ClN4O. The Morgan fingerprint density at radius 2 is 2.04 bits per heavy atom. The van der Waals surface area contributed by atoms with E-state index in [1.807, 2.05) is 24.0 Å². The maximum atomic E-state index is 11.8. The summed E-state index contributed by atoms with van der Waals surface area (Å²) in [5.41, 5.74) is 1.26. The summed E-state index contributed by atoms with van der Waals surface area (Å²) < 4.78 is 0. The molecule has 1 aromatic carbocycles. The first-order valence-electron chi connectivity index (χ1n) is 9.65. The summed E-state index contributed by atoms with van der Waals surface area (Å²) in [6.07, 6.45) is 2.55. The van der Waals surface area contributed by atoms with Crippen LogP contribution < -0.4 is 10.6 Å². The fraction of sp³-hybridized carbons (Fsp3) is 0.600. The molecule has 1 fully saturated rings. The Kier molecular flexibility index (Phi) is 8.23. The Morgan fingerprint density at radius 3 is 2.65 bits per heavy atom. The van der Waals surface area contributed by atoms with Crippen LogP contribution in [0.15, 0.2) is 29.3 Å². The second-order valence-electron chi connectivity index (χ2n) is 6.70. The van der Waals surface area contributed by atoms with Crippen molar-refractivity contribution >= 4 is 23.5 Å². The minimum Gasteiger partial charge on any atom is -0.357 e. The number of amides is 1. The third-order valence-electron chi connectivity index (χ3n) is 4.83. The largest absolute Gasteiger partial charge is 0.357 e. The average molecular weight is 379 g/mol. The van der Waals surface area contributed by atoms with Crippen molar-refractivity contribution in [3.05, 3.63) is 34.9 Å². The van der Waals surface area contributed by atoms with Crippen molar-refractivity contribution in [1.82, 2.24) is 15.5 Å². The van der Waals surface area contributed by atoms with Gasteiger partial charge in [0, 0.05) is 49.6 Å². The van der Waals surface area contributed by atoms with Crippen LogP contribution in [0.1, 0.15) is 51.5 Å². The van der Waals surface area contributed by atoms with Gasteiger partial charge in [0.25, 0.3) is 0 Å². The molecule has 2 rings (SSSR count). The quantitative estimate of drug-likeness (QED) is 0.564. The number of carbonyl (C=O) groups is 1. The van der Waals surface area contributed by atoms with Crippen molar-refractivity contribution in [2.45, 2.75) is 52.0 Å². The van der Waals surface area contributed by atoms with Gasteiger partial charge in [-0.3, -0.25) is 9.79 Å². The Bertz CT molecular complexity index is 602. The molecule has 1 amide bonds. The van der Waals surface area contributed by atoms with Gasteiger partial charge < -0.3 is 15.5 Å². The molecule has 0 spiro atoms. The zero-order valence-electron chi connectivity index (χ0n) is 16.1. The number of hydrogen-bond acceptors (Lipinski definition) is 2. The average Bonchev–Trinajstić information content (AvgIpc) is 3.11. The number of likely N-dealkylation sites (tertiary alicyclic amines) is 1. The zero-order chi connectivity index (χ0) is 18.9. The van der Waals surface area contributed by atoms with E-state index in [2.05, 4.69) is 36.6 Å². The molecule has 0 bridgehead atoms. The number of benzene rings is 1. The lowest BCUT2D eigenvalue weighted by molar-refractivity contribution is -0.129. The van der Waals surface area contributed by atoms with Crippen LogP contribution in [0.2, 0.25) is 5.02 Å². The van der Waals surface area contributed by atoms with Crippen LogP contribution >= 0.6 is 11.6 Å². The highest BCUT2D eigenvalue weighted by molar-refractivity contribution is 6.30. The number of nitrogens with zero attached hydrogens (tertiary/aromatic N) is 2. The van der Waals surface area contributed by atoms with Crippen molar-refractivity contribution in [3.8, 4) is 0 Å². The molecule has 2 N–H and O–H groups in total. The maximum Gasteiger partial charge on any atom is 0.222 e. The smallest absolute Gasteiger partial charge is 0.222 e. The van der Waals surface area contributed by atoms with Crippen molar-refractivity contribution in [2.75, 3.05) is 26.2 Å². The molecule has 0 radical (unpaired) electrons. The van der Waals surface area contributed by atoms with E-state index in [9.17, 15) is 4.79 Å². The fourth-order valence-electron chi connectivity index (χ4n) is 3.25. The van der Waals surface area contributed by atoms with Gasteiger partial charge in [-0.25, -0.2) is 0 Å². The highest BCUT2D eigenvalue weighted by Crippen LogP contribution is 2.21. The van der Waals surface area contributed by atoms with Gasteiger partial charge >= 0.3 is 0 Å². The van der Waals surface area contributed by atoms with E-state index >= 15 is 0 Å². The van der Waals surface area contributed by atoms with E-state index in [0.717, 1.165) is 50.0 Å². The molecule has 1 saturated heterocycles. The van der Waals surface area contributed by atoms with Crippen LogP contribution in [0, 0.1) is 0 Å². The van der Waals surface area contributed by atoms with Crippen LogP contribution in [-0.2, 0) is 4.79 Å². The first-order chi connectivity index (χ1) is 12.6. The Balaban J connectivity index is 1.97. The van der Waals surface area contributed by atoms with Crippen molar-refractivity contribution in [1.29, 1.82) is 0 Å². The zero-order valence-corrected chi connectivity index (χ0v) is 16.9. The van der Waals surface area contributed by atoms with Gasteiger partial charge in [-0.15, -0.1) is 0 Å². The van der Waals surface area contributed by atoms with E-state index in [4.69, 9.17) is 16.6 Å². The second-order valence-corrected chi connectivity index (χ2v) is 7.14. The maximum absolute atomic E-state index is 11.8. The topological polar surface area (TPSA) is 56.7 Å². The number of guanidine groups is 1. The van der Waals surface area contributed by atoms with Gasteiger partial charge in [0.2, 0.25) is 5.91 Å². The van der Waals surface area contributed by atoms with Crippen molar-refractivity contribution in [2.24, 2.45) is 4.99 Å². The lowest BCUT2D eigenvalue weighted by Gasteiger charge is -2.20.